The third kappa shape index (κ3) is 5.75. The van der Waals surface area contributed by atoms with Gasteiger partial charge in [-0.15, -0.1) is 13.2 Å². The topological polar surface area (TPSA) is 113 Å². The molecule has 2 heterocycles. The van der Waals surface area contributed by atoms with Gasteiger partial charge in [-0.1, -0.05) is 6.92 Å². The highest BCUT2D eigenvalue weighted by molar-refractivity contribution is 7.72. The number of hydrogen-bond donors (Lipinski definition) is 3. The largest absolute Gasteiger partial charge is 0.390 e. The van der Waals surface area contributed by atoms with Crippen LogP contribution >= 0.6 is 6.89 Å². The van der Waals surface area contributed by atoms with E-state index in [2.05, 4.69) is 29.9 Å². The summed E-state index contributed by atoms with van der Waals surface area (Å²) in [4.78, 5) is 37.7. The van der Waals surface area contributed by atoms with E-state index in [9.17, 15) is 19.5 Å². The Hall–Kier alpha value is -1.47. The first-order valence-corrected chi connectivity index (χ1v) is 12.1. The fraction of sp³-hybridized carbons (Fsp3) is 0.667. The molecule has 9 heteroatoms. The van der Waals surface area contributed by atoms with Crippen LogP contribution in [0.4, 0.5) is 0 Å². The highest BCUT2D eigenvalue weighted by Gasteiger charge is 2.42. The number of nitrogens with one attached hydrogen (secondary N) is 2. The van der Waals surface area contributed by atoms with Gasteiger partial charge in [-0.2, -0.15) is 0 Å². The molecule has 8 nitrogen and oxygen atoms in total. The Morgan fingerprint density at radius 2 is 2.11 bits per heavy atom. The summed E-state index contributed by atoms with van der Waals surface area (Å²) in [5.74, 6) is -0.350. The van der Waals surface area contributed by atoms with Crippen molar-refractivity contribution in [3.63, 3.8) is 0 Å². The average Bonchev–Trinajstić information content (AvgIpc) is 2.82. The molecule has 0 amide bonds. The molecule has 27 heavy (non-hydrogen) atoms. The zero-order chi connectivity index (χ0) is 20.4. The molecule has 1 aromatic rings. The Morgan fingerprint density at radius 1 is 1.44 bits per heavy atom. The number of aromatic amines is 1. The summed E-state index contributed by atoms with van der Waals surface area (Å²) in [6.45, 7) is 6.58. The van der Waals surface area contributed by atoms with Gasteiger partial charge in [-0.3, -0.25) is 19.1 Å². The maximum atomic E-state index is 12.3. The van der Waals surface area contributed by atoms with Crippen molar-refractivity contribution in [2.75, 3.05) is 26.0 Å². The van der Waals surface area contributed by atoms with E-state index in [0.29, 0.717) is 12.0 Å². The number of carbonyl (C=O) groups is 1. The second kappa shape index (κ2) is 8.69. The number of aliphatic hydroxyl groups is 1. The number of Topliss-reactive ketones (excluding diaryl/α,β-unsaturated/α-hetero) is 1. The number of nitrogens with zero attached hydrogens (tertiary/aromatic N) is 1. The molecule has 0 saturated carbocycles. The van der Waals surface area contributed by atoms with Crippen LogP contribution in [0.15, 0.2) is 15.8 Å². The molecule has 152 valence electrons. The molecule has 4 atom stereocenters. The van der Waals surface area contributed by atoms with Gasteiger partial charge >= 0.3 is 5.69 Å². The normalized spacial score (nSPS) is 25.7. The van der Waals surface area contributed by atoms with E-state index in [1.165, 1.54) is 17.7 Å². The van der Waals surface area contributed by atoms with E-state index >= 15 is 0 Å². The van der Waals surface area contributed by atoms with Crippen LogP contribution in [0.3, 0.4) is 0 Å². The fourth-order valence-electron chi connectivity index (χ4n) is 3.14. The monoisotopic (exact) mass is 399 g/mol. The Labute approximate surface area is 158 Å². The number of carbonyl (C=O) groups excluding carboxylic acids is 1. The van der Waals surface area contributed by atoms with E-state index in [1.807, 2.05) is 6.92 Å². The number of ether oxygens (including phenoxy) is 1. The number of hydrogen-bond acceptors (Lipinski definition) is 6. The van der Waals surface area contributed by atoms with Crippen molar-refractivity contribution in [1.82, 2.24) is 14.9 Å². The minimum atomic E-state index is -1.24. The maximum absolute atomic E-state index is 12.3. The lowest BCUT2D eigenvalue weighted by Gasteiger charge is -2.19. The Balaban J connectivity index is 2.21. The highest BCUT2D eigenvalue weighted by atomic mass is 31.2. The molecule has 3 N–H and O–H groups in total. The molecule has 0 radical (unpaired) electrons. The smallest absolute Gasteiger partial charge is 0.330 e. The van der Waals surface area contributed by atoms with Gasteiger partial charge in [0.1, 0.15) is 12.0 Å². The molecule has 0 unspecified atom stereocenters. The van der Waals surface area contributed by atoms with Gasteiger partial charge in [-0.25, -0.2) is 4.79 Å². The predicted octanol–water partition coefficient (Wildman–Crippen LogP) is 0.209. The lowest BCUT2D eigenvalue weighted by molar-refractivity contribution is -0.116. The number of aromatic nitrogens is 2. The van der Waals surface area contributed by atoms with E-state index in [1.54, 1.807) is 0 Å². The second-order valence-electron chi connectivity index (χ2n) is 7.99. The zero-order valence-electron chi connectivity index (χ0n) is 16.4. The Morgan fingerprint density at radius 3 is 2.70 bits per heavy atom. The van der Waals surface area contributed by atoms with Crippen LogP contribution in [0.25, 0.3) is 0 Å². The minimum absolute atomic E-state index is 0.0466. The molecule has 0 bridgehead atoms. The molecule has 0 aromatic carbocycles. The molecular formula is C18H30N3O5P. The quantitative estimate of drug-likeness (QED) is 0.539. The van der Waals surface area contributed by atoms with Gasteiger partial charge < -0.3 is 15.2 Å². The molecule has 0 spiro atoms. The molecule has 2 rings (SSSR count). The zero-order valence-corrected chi connectivity index (χ0v) is 17.3. The van der Waals surface area contributed by atoms with E-state index in [4.69, 9.17) is 4.74 Å². The van der Waals surface area contributed by atoms with Crippen molar-refractivity contribution in [3.05, 3.63) is 32.6 Å². The summed E-state index contributed by atoms with van der Waals surface area (Å²) in [5, 5.41) is 13.4. The highest BCUT2D eigenvalue weighted by Crippen LogP contribution is 2.40. The van der Waals surface area contributed by atoms with Crippen molar-refractivity contribution in [1.29, 1.82) is 0 Å². The molecule has 0 aliphatic carbocycles. The van der Waals surface area contributed by atoms with E-state index in [0.717, 1.165) is 6.16 Å². The van der Waals surface area contributed by atoms with Crippen molar-refractivity contribution in [3.8, 4) is 0 Å². The van der Waals surface area contributed by atoms with Crippen molar-refractivity contribution in [2.24, 2.45) is 5.92 Å². The summed E-state index contributed by atoms with van der Waals surface area (Å²) in [6.07, 6.45) is 5.46. The van der Waals surface area contributed by atoms with Crippen LogP contribution in [0.5, 0.6) is 0 Å². The molecular weight excluding hydrogens is 369 g/mol. The lowest BCUT2D eigenvalue weighted by Crippen LogP contribution is -2.37. The van der Waals surface area contributed by atoms with Gasteiger partial charge in [0.05, 0.1) is 18.8 Å². The molecule has 1 aliphatic heterocycles. The number of aliphatic hydroxyl groups excluding tert-OH is 1. The van der Waals surface area contributed by atoms with Crippen LogP contribution < -0.4 is 16.6 Å². The van der Waals surface area contributed by atoms with Crippen LogP contribution in [-0.2, 0) is 16.1 Å². The first-order valence-electron chi connectivity index (χ1n) is 9.05. The third-order valence-electron chi connectivity index (χ3n) is 4.71. The van der Waals surface area contributed by atoms with Crippen LogP contribution in [0, 0.1) is 5.92 Å². The number of ketones is 1. The van der Waals surface area contributed by atoms with Crippen LogP contribution in [0.1, 0.15) is 32.1 Å². The Kier molecular flexibility index (Phi) is 7.03. The van der Waals surface area contributed by atoms with Crippen LogP contribution in [-0.4, -0.2) is 65.0 Å². The van der Waals surface area contributed by atoms with Gasteiger partial charge in [0.2, 0.25) is 0 Å². The van der Waals surface area contributed by atoms with E-state index in [-0.39, 0.29) is 30.9 Å². The van der Waals surface area contributed by atoms with Gasteiger partial charge in [0, 0.05) is 24.2 Å². The van der Waals surface area contributed by atoms with Gasteiger partial charge in [-0.05, 0) is 32.8 Å². The second-order valence-corrected chi connectivity index (χ2v) is 12.3. The lowest BCUT2D eigenvalue weighted by atomic mass is 10.0. The summed E-state index contributed by atoms with van der Waals surface area (Å²) in [5.41, 5.74) is -0.752. The molecule has 1 saturated heterocycles. The summed E-state index contributed by atoms with van der Waals surface area (Å²) in [7, 11) is 0. The van der Waals surface area contributed by atoms with Crippen LogP contribution in [0.2, 0.25) is 0 Å². The average molecular weight is 399 g/mol. The molecule has 1 aliphatic rings. The predicted molar refractivity (Wildman–Crippen MR) is 108 cm³/mol. The minimum Gasteiger partial charge on any atom is -0.390 e. The Bertz CT molecular complexity index is 840. The van der Waals surface area contributed by atoms with E-state index < -0.39 is 30.5 Å². The van der Waals surface area contributed by atoms with Gasteiger partial charge in [0.25, 0.3) is 5.56 Å². The molecule has 1 aromatic heterocycles. The summed E-state index contributed by atoms with van der Waals surface area (Å²) < 4.78 is 7.32. The SMILES string of the molecule is C=P(C)(C)CC[C@H]1O[C@@H](n2cc(CNCC(C)=O)c(=O)[nH]c2=O)[C@H](C)[C@@H]1O. The van der Waals surface area contributed by atoms with Crippen molar-refractivity contribution >= 4 is 19.0 Å². The standard InChI is InChI=1S/C18H30N3O5P/c1-11(22)8-19-9-13-10-21(18(25)20-16(13)24)17-12(2)15(23)14(26-17)6-7-27(3,4)5/h10,12,14-15,17,19,23H,3,6-9H2,1-2,4-5H3,(H,20,24,25)/t12-,14-,15+,17-/m1/s1. The maximum Gasteiger partial charge on any atom is 0.330 e. The summed E-state index contributed by atoms with van der Waals surface area (Å²) >= 11 is 0. The fourth-order valence-corrected chi connectivity index (χ4v) is 4.09. The third-order valence-corrected chi connectivity index (χ3v) is 6.18. The summed E-state index contributed by atoms with van der Waals surface area (Å²) in [6, 6.07) is 0. The van der Waals surface area contributed by atoms with Crippen molar-refractivity contribution < 1.29 is 14.6 Å². The van der Waals surface area contributed by atoms with Gasteiger partial charge in [0.15, 0.2) is 0 Å². The molecule has 1 fully saturated rings. The number of rotatable bonds is 8. The number of H-pyrrole nitrogens is 1. The van der Waals surface area contributed by atoms with Crippen molar-refractivity contribution in [2.45, 2.75) is 45.2 Å². The first kappa shape index (κ1) is 21.8. The first-order chi connectivity index (χ1) is 12.5.